The largest absolute Gasteiger partial charge is 0.333 e. The molecule has 2 heterocycles. The molecule has 4 rings (SSSR count). The third-order valence-electron chi connectivity index (χ3n) is 4.89. The van der Waals surface area contributed by atoms with Gasteiger partial charge in [0, 0.05) is 20.0 Å². The highest BCUT2D eigenvalue weighted by Gasteiger charge is 2.32. The van der Waals surface area contributed by atoms with Gasteiger partial charge in [-0.3, -0.25) is 4.79 Å². The number of carbonyl (C=O) groups is 1. The molecule has 1 saturated heterocycles. The highest BCUT2D eigenvalue weighted by molar-refractivity contribution is 5.77. The zero-order chi connectivity index (χ0) is 17.4. The first-order chi connectivity index (χ1) is 12.1. The minimum atomic E-state index is -0.238. The number of likely N-dealkylation sites (tertiary alicyclic amines) is 1. The van der Waals surface area contributed by atoms with Crippen LogP contribution >= 0.6 is 0 Å². The van der Waals surface area contributed by atoms with E-state index < -0.39 is 0 Å². The molecule has 1 aromatic heterocycles. The summed E-state index contributed by atoms with van der Waals surface area (Å²) in [7, 11) is 0. The second-order valence-electron chi connectivity index (χ2n) is 6.54. The number of fused-ring (bicyclic) bond motifs is 1. The van der Waals surface area contributed by atoms with Gasteiger partial charge in [0.25, 0.3) is 0 Å². The number of nitrogens with zero attached hydrogens (tertiary/aromatic N) is 3. The Kier molecular flexibility index (Phi) is 3.99. The van der Waals surface area contributed by atoms with E-state index in [4.69, 9.17) is 4.98 Å². The lowest BCUT2D eigenvalue weighted by atomic mass is 10.2. The molecule has 0 radical (unpaired) electrons. The number of carbonyl (C=O) groups excluding carboxylic acids is 1. The van der Waals surface area contributed by atoms with E-state index in [0.29, 0.717) is 6.54 Å². The fourth-order valence-electron chi connectivity index (χ4n) is 3.70. The first kappa shape index (κ1) is 15.8. The first-order valence-electron chi connectivity index (χ1n) is 8.60. The normalized spacial score (nSPS) is 17.4. The molecule has 1 amide bonds. The molecule has 1 fully saturated rings. The molecule has 1 aliphatic heterocycles. The van der Waals surface area contributed by atoms with E-state index in [2.05, 4.69) is 4.57 Å². The number of benzene rings is 2. The first-order valence-corrected chi connectivity index (χ1v) is 8.60. The fourth-order valence-corrected chi connectivity index (χ4v) is 3.70. The van der Waals surface area contributed by atoms with Crippen LogP contribution in [0.5, 0.6) is 0 Å². The van der Waals surface area contributed by atoms with E-state index in [1.165, 1.54) is 12.1 Å². The van der Waals surface area contributed by atoms with Crippen LogP contribution in [0.1, 0.15) is 37.2 Å². The van der Waals surface area contributed by atoms with Crippen molar-refractivity contribution < 1.29 is 9.18 Å². The Morgan fingerprint density at radius 1 is 1.20 bits per heavy atom. The monoisotopic (exact) mass is 337 g/mol. The van der Waals surface area contributed by atoms with E-state index in [0.717, 1.165) is 41.8 Å². The Bertz CT molecular complexity index is 916. The van der Waals surface area contributed by atoms with Crippen molar-refractivity contribution in [3.63, 3.8) is 0 Å². The lowest BCUT2D eigenvalue weighted by molar-refractivity contribution is -0.129. The van der Waals surface area contributed by atoms with E-state index in [9.17, 15) is 9.18 Å². The van der Waals surface area contributed by atoms with E-state index in [1.807, 2.05) is 29.2 Å². The number of hydrogen-bond donors (Lipinski definition) is 0. The Morgan fingerprint density at radius 3 is 2.72 bits per heavy atom. The van der Waals surface area contributed by atoms with Gasteiger partial charge >= 0.3 is 0 Å². The summed E-state index contributed by atoms with van der Waals surface area (Å²) in [5, 5.41) is 0. The average Bonchev–Trinajstić information content (AvgIpc) is 3.22. The third-order valence-corrected chi connectivity index (χ3v) is 4.89. The van der Waals surface area contributed by atoms with Crippen molar-refractivity contribution in [2.75, 3.05) is 6.54 Å². The Morgan fingerprint density at radius 2 is 1.96 bits per heavy atom. The number of aromatic nitrogens is 2. The van der Waals surface area contributed by atoms with Crippen molar-refractivity contribution in [2.24, 2.45) is 0 Å². The molecule has 0 saturated carbocycles. The van der Waals surface area contributed by atoms with Gasteiger partial charge in [0.2, 0.25) is 5.91 Å². The summed E-state index contributed by atoms with van der Waals surface area (Å²) < 4.78 is 15.4. The van der Waals surface area contributed by atoms with Gasteiger partial charge in [-0.1, -0.05) is 24.3 Å². The van der Waals surface area contributed by atoms with Gasteiger partial charge in [-0.15, -0.1) is 0 Å². The summed E-state index contributed by atoms with van der Waals surface area (Å²) in [5.41, 5.74) is 2.98. The zero-order valence-corrected chi connectivity index (χ0v) is 14.2. The molecule has 0 spiro atoms. The quantitative estimate of drug-likeness (QED) is 0.727. The Hall–Kier alpha value is -2.69. The van der Waals surface area contributed by atoms with E-state index in [1.54, 1.807) is 19.1 Å². The SMILES string of the molecule is CC(=O)N1CCCC1c1nc2ccccc2n1Cc1ccc(F)cc1. The molecular weight excluding hydrogens is 317 g/mol. The molecule has 0 bridgehead atoms. The smallest absolute Gasteiger partial charge is 0.220 e. The van der Waals surface area contributed by atoms with Crippen molar-refractivity contribution in [3.8, 4) is 0 Å². The minimum absolute atomic E-state index is 0.00495. The predicted molar refractivity (Wildman–Crippen MR) is 94.6 cm³/mol. The molecule has 1 aliphatic rings. The minimum Gasteiger partial charge on any atom is -0.333 e. The summed E-state index contributed by atoms with van der Waals surface area (Å²) in [4.78, 5) is 18.7. The number of amides is 1. The lowest BCUT2D eigenvalue weighted by Crippen LogP contribution is -2.30. The van der Waals surface area contributed by atoms with Gasteiger partial charge in [0.05, 0.1) is 17.1 Å². The molecule has 128 valence electrons. The van der Waals surface area contributed by atoms with Gasteiger partial charge in [0.15, 0.2) is 0 Å². The van der Waals surface area contributed by atoms with Crippen LogP contribution < -0.4 is 0 Å². The Balaban J connectivity index is 1.80. The number of rotatable bonds is 3. The summed E-state index contributed by atoms with van der Waals surface area (Å²) in [6, 6.07) is 14.6. The van der Waals surface area contributed by atoms with Crippen molar-refractivity contribution >= 4 is 16.9 Å². The van der Waals surface area contributed by atoms with Gasteiger partial charge in [0.1, 0.15) is 11.6 Å². The molecule has 5 heteroatoms. The predicted octanol–water partition coefficient (Wildman–Crippen LogP) is 3.91. The van der Waals surface area contributed by atoms with Crippen LogP contribution in [0.25, 0.3) is 11.0 Å². The number of hydrogen-bond acceptors (Lipinski definition) is 2. The van der Waals surface area contributed by atoms with Gasteiger partial charge in [-0.05, 0) is 42.7 Å². The fraction of sp³-hybridized carbons (Fsp3) is 0.300. The van der Waals surface area contributed by atoms with Crippen LogP contribution in [0.3, 0.4) is 0 Å². The number of halogens is 1. The summed E-state index contributed by atoms with van der Waals surface area (Å²) in [5.74, 6) is 0.763. The van der Waals surface area contributed by atoms with Crippen LogP contribution in [-0.4, -0.2) is 26.9 Å². The molecule has 2 aromatic carbocycles. The third kappa shape index (κ3) is 2.90. The highest BCUT2D eigenvalue weighted by atomic mass is 19.1. The summed E-state index contributed by atoms with van der Waals surface area (Å²) in [6.07, 6.45) is 1.91. The molecule has 25 heavy (non-hydrogen) atoms. The van der Waals surface area contributed by atoms with Crippen molar-refractivity contribution in [2.45, 2.75) is 32.4 Å². The molecule has 1 atom stereocenters. The lowest BCUT2D eigenvalue weighted by Gasteiger charge is -2.24. The standard InChI is InChI=1S/C20H20FN3O/c1-14(25)23-12-4-7-19(23)20-22-17-5-2-3-6-18(17)24(20)13-15-8-10-16(21)11-9-15/h2-3,5-6,8-11,19H,4,7,12-13H2,1H3. The number of para-hydroxylation sites is 2. The van der Waals surface area contributed by atoms with Crippen molar-refractivity contribution in [3.05, 3.63) is 65.7 Å². The maximum absolute atomic E-state index is 13.2. The van der Waals surface area contributed by atoms with Crippen LogP contribution in [0.2, 0.25) is 0 Å². The molecule has 0 aliphatic carbocycles. The molecule has 4 nitrogen and oxygen atoms in total. The number of imidazole rings is 1. The second-order valence-corrected chi connectivity index (χ2v) is 6.54. The van der Waals surface area contributed by atoms with Crippen LogP contribution in [0.4, 0.5) is 4.39 Å². The second kappa shape index (κ2) is 6.31. The van der Waals surface area contributed by atoms with Crippen LogP contribution in [0, 0.1) is 5.82 Å². The van der Waals surface area contributed by atoms with Crippen LogP contribution in [0.15, 0.2) is 48.5 Å². The molecule has 0 N–H and O–H groups in total. The molecule has 3 aromatic rings. The van der Waals surface area contributed by atoms with E-state index >= 15 is 0 Å². The average molecular weight is 337 g/mol. The maximum atomic E-state index is 13.2. The molecule has 1 unspecified atom stereocenters. The van der Waals surface area contributed by atoms with Crippen molar-refractivity contribution in [1.29, 1.82) is 0 Å². The van der Waals surface area contributed by atoms with Crippen LogP contribution in [-0.2, 0) is 11.3 Å². The maximum Gasteiger partial charge on any atom is 0.220 e. The van der Waals surface area contributed by atoms with Gasteiger partial charge in [-0.25, -0.2) is 9.37 Å². The Labute approximate surface area is 145 Å². The molecular formula is C20H20FN3O. The van der Waals surface area contributed by atoms with Gasteiger partial charge < -0.3 is 9.47 Å². The van der Waals surface area contributed by atoms with E-state index in [-0.39, 0.29) is 17.8 Å². The topological polar surface area (TPSA) is 38.1 Å². The summed E-state index contributed by atoms with van der Waals surface area (Å²) in [6.45, 7) is 3.00. The van der Waals surface area contributed by atoms with Gasteiger partial charge in [-0.2, -0.15) is 0 Å². The zero-order valence-electron chi connectivity index (χ0n) is 14.2. The van der Waals surface area contributed by atoms with Crippen molar-refractivity contribution in [1.82, 2.24) is 14.5 Å². The summed E-state index contributed by atoms with van der Waals surface area (Å²) >= 11 is 0. The highest BCUT2D eigenvalue weighted by Crippen LogP contribution is 2.33.